The van der Waals surface area contributed by atoms with Gasteiger partial charge < -0.3 is 15.0 Å². The minimum absolute atomic E-state index is 0.211. The van der Waals surface area contributed by atoms with E-state index in [1.165, 1.54) is 6.20 Å². The molecule has 0 saturated heterocycles. The van der Waals surface area contributed by atoms with E-state index in [9.17, 15) is 14.4 Å². The number of hydrogen-bond acceptors (Lipinski definition) is 6. The van der Waals surface area contributed by atoms with Gasteiger partial charge in [0.15, 0.2) is 0 Å². The molecule has 1 unspecified atom stereocenters. The van der Waals surface area contributed by atoms with Crippen molar-refractivity contribution in [3.05, 3.63) is 56.1 Å². The highest BCUT2D eigenvalue weighted by atomic mass is 16.5. The quantitative estimate of drug-likeness (QED) is 0.755. The van der Waals surface area contributed by atoms with Crippen molar-refractivity contribution in [2.24, 2.45) is 12.8 Å². The predicted octanol–water partition coefficient (Wildman–Crippen LogP) is 0.631. The molecule has 0 amide bonds. The predicted molar refractivity (Wildman–Crippen MR) is 105 cm³/mol. The summed E-state index contributed by atoms with van der Waals surface area (Å²) in [6, 6.07) is 2.50. The molecule has 1 atom stereocenters. The van der Waals surface area contributed by atoms with Gasteiger partial charge in [-0.1, -0.05) is 0 Å². The maximum Gasteiger partial charge on any atom is 0.335 e. The zero-order valence-electron chi connectivity index (χ0n) is 16.5. The smallest absolute Gasteiger partial charge is 0.335 e. The zero-order chi connectivity index (χ0) is 20.4. The van der Waals surface area contributed by atoms with Gasteiger partial charge in [-0.15, -0.1) is 0 Å². The van der Waals surface area contributed by atoms with Crippen LogP contribution in [-0.2, 0) is 35.8 Å². The zero-order valence-corrected chi connectivity index (χ0v) is 16.5. The third-order valence-corrected chi connectivity index (χ3v) is 4.93. The Bertz CT molecular complexity index is 989. The van der Waals surface area contributed by atoms with Gasteiger partial charge in [0.1, 0.15) is 6.04 Å². The Morgan fingerprint density at radius 3 is 2.61 bits per heavy atom. The minimum Gasteiger partial charge on any atom is -0.462 e. The highest BCUT2D eigenvalue weighted by Crippen LogP contribution is 2.17. The lowest BCUT2D eigenvalue weighted by atomic mass is 9.97. The van der Waals surface area contributed by atoms with Crippen molar-refractivity contribution in [2.45, 2.75) is 58.1 Å². The fraction of sp³-hybridized carbons (Fsp3) is 0.500. The Kier molecular flexibility index (Phi) is 5.79. The first-order chi connectivity index (χ1) is 13.3. The molecule has 0 spiro atoms. The molecule has 2 N–H and O–H groups in total. The Morgan fingerprint density at radius 2 is 1.96 bits per heavy atom. The number of rotatable bonds is 5. The van der Waals surface area contributed by atoms with E-state index in [4.69, 9.17) is 10.5 Å². The number of aromatic nitrogens is 3. The second kappa shape index (κ2) is 8.10. The summed E-state index contributed by atoms with van der Waals surface area (Å²) in [5.74, 6) is -0.486. The van der Waals surface area contributed by atoms with E-state index in [0.29, 0.717) is 23.4 Å². The van der Waals surface area contributed by atoms with Gasteiger partial charge in [0.25, 0.3) is 5.56 Å². The van der Waals surface area contributed by atoms with Crippen LogP contribution in [-0.4, -0.2) is 32.2 Å². The number of ether oxygens (including phenoxy) is 1. The Labute approximate surface area is 163 Å². The molecule has 1 aliphatic carbocycles. The summed E-state index contributed by atoms with van der Waals surface area (Å²) in [5, 5.41) is 0. The molecule has 0 fully saturated rings. The molecule has 150 valence electrons. The standard InChI is InChI=1S/C20H26N4O4/c1-12(2)28-19(26)16(21)10-13-8-9-14(11-22-13)24-18(25)15-6-4-5-7-17(15)23(3)20(24)27/h8-9,11-12,16H,4-7,10,21H2,1-3H3. The fourth-order valence-corrected chi connectivity index (χ4v) is 3.50. The molecule has 2 aromatic heterocycles. The lowest BCUT2D eigenvalue weighted by molar-refractivity contribution is -0.148. The van der Waals surface area contributed by atoms with Gasteiger partial charge in [0.2, 0.25) is 0 Å². The molecule has 28 heavy (non-hydrogen) atoms. The molecule has 2 aromatic rings. The number of carbonyl (C=O) groups excluding carboxylic acids is 1. The van der Waals surface area contributed by atoms with Crippen molar-refractivity contribution in [3.63, 3.8) is 0 Å². The third-order valence-electron chi connectivity index (χ3n) is 4.93. The summed E-state index contributed by atoms with van der Waals surface area (Å²) in [4.78, 5) is 41.7. The van der Waals surface area contributed by atoms with Crippen LogP contribution in [0.15, 0.2) is 27.9 Å². The normalized spacial score (nSPS) is 14.6. The van der Waals surface area contributed by atoms with Gasteiger partial charge >= 0.3 is 11.7 Å². The number of hydrogen-bond donors (Lipinski definition) is 1. The van der Waals surface area contributed by atoms with E-state index >= 15 is 0 Å². The first-order valence-electron chi connectivity index (χ1n) is 9.54. The molecule has 8 heteroatoms. The maximum atomic E-state index is 12.9. The average molecular weight is 386 g/mol. The van der Waals surface area contributed by atoms with Crippen molar-refractivity contribution in [2.75, 3.05) is 0 Å². The Hall–Kier alpha value is -2.74. The molecule has 0 bridgehead atoms. The molecule has 0 saturated carbocycles. The van der Waals surface area contributed by atoms with Gasteiger partial charge in [0, 0.05) is 30.4 Å². The molecule has 0 radical (unpaired) electrons. The van der Waals surface area contributed by atoms with Crippen LogP contribution in [0.3, 0.4) is 0 Å². The van der Waals surface area contributed by atoms with E-state index in [-0.39, 0.29) is 23.8 Å². The summed E-state index contributed by atoms with van der Waals surface area (Å²) in [6.45, 7) is 3.52. The van der Waals surface area contributed by atoms with Gasteiger partial charge in [0.05, 0.1) is 18.0 Å². The first kappa shape index (κ1) is 20.0. The first-order valence-corrected chi connectivity index (χ1v) is 9.54. The van der Waals surface area contributed by atoms with Gasteiger partial charge in [-0.2, -0.15) is 0 Å². The molecular formula is C20H26N4O4. The van der Waals surface area contributed by atoms with E-state index in [0.717, 1.165) is 29.5 Å². The van der Waals surface area contributed by atoms with Crippen LogP contribution in [0.25, 0.3) is 5.69 Å². The lowest BCUT2D eigenvalue weighted by Crippen LogP contribution is -2.42. The number of nitrogens with two attached hydrogens (primary N) is 1. The largest absolute Gasteiger partial charge is 0.462 e. The number of carbonyl (C=O) groups is 1. The van der Waals surface area contributed by atoms with Crippen LogP contribution < -0.4 is 17.0 Å². The van der Waals surface area contributed by atoms with Gasteiger partial charge in [-0.05, 0) is 51.7 Å². The highest BCUT2D eigenvalue weighted by molar-refractivity contribution is 5.75. The minimum atomic E-state index is -0.819. The SMILES string of the molecule is CC(C)OC(=O)C(N)Cc1ccc(-n2c(=O)c3c(n(C)c2=O)CCCC3)cn1. The summed E-state index contributed by atoms with van der Waals surface area (Å²) in [6.07, 6.45) is 4.80. The topological polar surface area (TPSA) is 109 Å². The molecule has 0 aliphatic heterocycles. The van der Waals surface area contributed by atoms with Crippen molar-refractivity contribution < 1.29 is 9.53 Å². The van der Waals surface area contributed by atoms with E-state index < -0.39 is 12.0 Å². The highest BCUT2D eigenvalue weighted by Gasteiger charge is 2.21. The van der Waals surface area contributed by atoms with Crippen molar-refractivity contribution in [1.29, 1.82) is 0 Å². The second-order valence-electron chi connectivity index (χ2n) is 7.42. The van der Waals surface area contributed by atoms with Gasteiger partial charge in [-0.3, -0.25) is 14.6 Å². The fourth-order valence-electron chi connectivity index (χ4n) is 3.50. The lowest BCUT2D eigenvalue weighted by Gasteiger charge is -2.20. The molecule has 0 aromatic carbocycles. The van der Waals surface area contributed by atoms with E-state index in [1.54, 1.807) is 37.6 Å². The van der Waals surface area contributed by atoms with Crippen molar-refractivity contribution >= 4 is 5.97 Å². The van der Waals surface area contributed by atoms with Gasteiger partial charge in [-0.25, -0.2) is 9.36 Å². The molecule has 1 aliphatic rings. The van der Waals surface area contributed by atoms with E-state index in [2.05, 4.69) is 4.98 Å². The average Bonchev–Trinajstić information content (AvgIpc) is 2.67. The Balaban J connectivity index is 1.88. The number of nitrogens with zero attached hydrogens (tertiary/aromatic N) is 3. The van der Waals surface area contributed by atoms with Crippen molar-refractivity contribution in [3.8, 4) is 5.69 Å². The molecule has 3 rings (SSSR count). The second-order valence-corrected chi connectivity index (χ2v) is 7.42. The van der Waals surface area contributed by atoms with Crippen LogP contribution in [0.1, 0.15) is 43.6 Å². The third kappa shape index (κ3) is 3.91. The van der Waals surface area contributed by atoms with Crippen LogP contribution in [0, 0.1) is 0 Å². The van der Waals surface area contributed by atoms with Crippen LogP contribution in [0.2, 0.25) is 0 Å². The van der Waals surface area contributed by atoms with Crippen molar-refractivity contribution in [1.82, 2.24) is 14.1 Å². The maximum absolute atomic E-state index is 12.9. The summed E-state index contributed by atoms with van der Waals surface area (Å²) < 4.78 is 7.81. The van der Waals surface area contributed by atoms with Crippen LogP contribution >= 0.6 is 0 Å². The summed E-state index contributed by atoms with van der Waals surface area (Å²) in [7, 11) is 1.70. The number of pyridine rings is 1. The summed E-state index contributed by atoms with van der Waals surface area (Å²) >= 11 is 0. The number of esters is 1. The van der Waals surface area contributed by atoms with E-state index in [1.807, 2.05) is 0 Å². The molecule has 8 nitrogen and oxygen atoms in total. The molecular weight excluding hydrogens is 360 g/mol. The summed E-state index contributed by atoms with van der Waals surface area (Å²) in [5.41, 5.74) is 7.74. The molecule has 2 heterocycles. The Morgan fingerprint density at radius 1 is 1.25 bits per heavy atom. The van der Waals surface area contributed by atoms with Crippen LogP contribution in [0.4, 0.5) is 0 Å². The monoisotopic (exact) mass is 386 g/mol. The number of fused-ring (bicyclic) bond motifs is 1. The van der Waals surface area contributed by atoms with Crippen LogP contribution in [0.5, 0.6) is 0 Å².